The van der Waals surface area contributed by atoms with Crippen molar-refractivity contribution >= 4 is 11.5 Å². The Labute approximate surface area is 90.3 Å². The van der Waals surface area contributed by atoms with Gasteiger partial charge in [-0.2, -0.15) is 0 Å². The van der Waals surface area contributed by atoms with E-state index in [0.29, 0.717) is 11.1 Å². The Morgan fingerprint density at radius 3 is 2.87 bits per heavy atom. The normalized spacial score (nSPS) is 19.0. The lowest BCUT2D eigenvalue weighted by atomic mass is 9.89. The smallest absolute Gasteiger partial charge is 0.152 e. The van der Waals surface area contributed by atoms with Crippen molar-refractivity contribution in [3.8, 4) is 0 Å². The first-order chi connectivity index (χ1) is 7.20. The van der Waals surface area contributed by atoms with Crippen LogP contribution in [0.2, 0.25) is 0 Å². The zero-order valence-corrected chi connectivity index (χ0v) is 9.16. The molecule has 15 heavy (non-hydrogen) atoms. The molecule has 1 aromatic heterocycles. The summed E-state index contributed by atoms with van der Waals surface area (Å²) in [6, 6.07) is 0. The average Bonchev–Trinajstić information content (AvgIpc) is 2.65. The summed E-state index contributed by atoms with van der Waals surface area (Å²) in [5.41, 5.74) is 6.80. The van der Waals surface area contributed by atoms with Crippen molar-refractivity contribution < 1.29 is 0 Å². The Bertz CT molecular complexity index is 331. The van der Waals surface area contributed by atoms with Crippen LogP contribution in [-0.2, 0) is 0 Å². The molecule has 2 rings (SSSR count). The first kappa shape index (κ1) is 10.2. The fourth-order valence-corrected chi connectivity index (χ4v) is 2.19. The summed E-state index contributed by atoms with van der Waals surface area (Å²) >= 11 is 0. The van der Waals surface area contributed by atoms with E-state index in [1.54, 1.807) is 6.20 Å². The molecule has 0 saturated heterocycles. The highest BCUT2D eigenvalue weighted by Crippen LogP contribution is 2.37. The molecule has 3 N–H and O–H groups in total. The van der Waals surface area contributed by atoms with Gasteiger partial charge >= 0.3 is 0 Å². The summed E-state index contributed by atoms with van der Waals surface area (Å²) in [4.78, 5) is 7.99. The molecule has 0 aromatic carbocycles. The standard InChI is InChI=1S/C11H18N4/c1-11(4-2-3-5-11)7-14-10-9(12)6-13-8-15-10/h6,8H,2-5,7,12H2,1H3,(H,13,14,15). The van der Waals surface area contributed by atoms with Gasteiger partial charge in [0.05, 0.1) is 11.9 Å². The van der Waals surface area contributed by atoms with Crippen LogP contribution < -0.4 is 11.1 Å². The molecule has 1 saturated carbocycles. The van der Waals surface area contributed by atoms with Crippen molar-refractivity contribution in [1.29, 1.82) is 0 Å². The van der Waals surface area contributed by atoms with E-state index in [0.717, 1.165) is 12.4 Å². The quantitative estimate of drug-likeness (QED) is 0.794. The van der Waals surface area contributed by atoms with Gasteiger partial charge in [-0.3, -0.25) is 0 Å². The molecule has 0 atom stereocenters. The summed E-state index contributed by atoms with van der Waals surface area (Å²) in [7, 11) is 0. The van der Waals surface area contributed by atoms with Crippen LogP contribution in [0.1, 0.15) is 32.6 Å². The van der Waals surface area contributed by atoms with E-state index < -0.39 is 0 Å². The highest BCUT2D eigenvalue weighted by molar-refractivity contribution is 5.58. The topological polar surface area (TPSA) is 63.8 Å². The van der Waals surface area contributed by atoms with Gasteiger partial charge in [0.25, 0.3) is 0 Å². The summed E-state index contributed by atoms with van der Waals surface area (Å²) < 4.78 is 0. The van der Waals surface area contributed by atoms with Crippen LogP contribution in [0.3, 0.4) is 0 Å². The first-order valence-corrected chi connectivity index (χ1v) is 5.49. The van der Waals surface area contributed by atoms with Crippen molar-refractivity contribution in [1.82, 2.24) is 9.97 Å². The molecule has 1 aliphatic carbocycles. The SMILES string of the molecule is CC1(CNc2ncncc2N)CCCC1. The number of nitrogens with two attached hydrogens (primary N) is 1. The minimum absolute atomic E-state index is 0.414. The van der Waals surface area contributed by atoms with Crippen molar-refractivity contribution in [3.05, 3.63) is 12.5 Å². The Morgan fingerprint density at radius 2 is 2.20 bits per heavy atom. The fraction of sp³-hybridized carbons (Fsp3) is 0.636. The van der Waals surface area contributed by atoms with Crippen molar-refractivity contribution in [2.45, 2.75) is 32.6 Å². The van der Waals surface area contributed by atoms with Crippen LogP contribution in [0.25, 0.3) is 0 Å². The highest BCUT2D eigenvalue weighted by Gasteiger charge is 2.28. The number of hydrogen-bond donors (Lipinski definition) is 2. The molecule has 82 valence electrons. The molecule has 0 bridgehead atoms. The molecule has 0 amide bonds. The molecule has 4 nitrogen and oxygen atoms in total. The van der Waals surface area contributed by atoms with Crippen LogP contribution in [-0.4, -0.2) is 16.5 Å². The number of nitrogens with zero attached hydrogens (tertiary/aromatic N) is 2. The lowest BCUT2D eigenvalue weighted by molar-refractivity contribution is 0.361. The summed E-state index contributed by atoms with van der Waals surface area (Å²) in [6.07, 6.45) is 8.44. The second kappa shape index (κ2) is 4.04. The first-order valence-electron chi connectivity index (χ1n) is 5.49. The molecule has 1 aliphatic rings. The number of anilines is 2. The van der Waals surface area contributed by atoms with E-state index in [2.05, 4.69) is 22.2 Å². The van der Waals surface area contributed by atoms with E-state index in [-0.39, 0.29) is 0 Å². The number of nitrogens with one attached hydrogen (secondary N) is 1. The molecular weight excluding hydrogens is 188 g/mol. The van der Waals surface area contributed by atoms with E-state index >= 15 is 0 Å². The number of aromatic nitrogens is 2. The van der Waals surface area contributed by atoms with Crippen LogP contribution in [0.5, 0.6) is 0 Å². The van der Waals surface area contributed by atoms with Gasteiger partial charge in [0.15, 0.2) is 5.82 Å². The second-order valence-corrected chi connectivity index (χ2v) is 4.70. The third-order valence-electron chi connectivity index (χ3n) is 3.23. The Balaban J connectivity index is 1.95. The molecule has 1 heterocycles. The third kappa shape index (κ3) is 2.37. The Morgan fingerprint density at radius 1 is 1.47 bits per heavy atom. The maximum Gasteiger partial charge on any atom is 0.152 e. The number of rotatable bonds is 3. The highest BCUT2D eigenvalue weighted by atomic mass is 15.0. The zero-order chi connectivity index (χ0) is 10.7. The van der Waals surface area contributed by atoms with E-state index in [4.69, 9.17) is 5.73 Å². The van der Waals surface area contributed by atoms with Gasteiger partial charge in [0, 0.05) is 6.54 Å². The molecule has 0 spiro atoms. The summed E-state index contributed by atoms with van der Waals surface area (Å²) in [6.45, 7) is 3.28. The summed E-state index contributed by atoms with van der Waals surface area (Å²) in [5.74, 6) is 0.762. The number of nitrogen functional groups attached to an aromatic ring is 1. The number of hydrogen-bond acceptors (Lipinski definition) is 4. The van der Waals surface area contributed by atoms with Gasteiger partial charge in [0.2, 0.25) is 0 Å². The van der Waals surface area contributed by atoms with Crippen LogP contribution in [0.4, 0.5) is 11.5 Å². The van der Waals surface area contributed by atoms with Crippen molar-refractivity contribution in [3.63, 3.8) is 0 Å². The minimum Gasteiger partial charge on any atom is -0.394 e. The minimum atomic E-state index is 0.414. The van der Waals surface area contributed by atoms with Gasteiger partial charge in [-0.15, -0.1) is 0 Å². The molecule has 0 radical (unpaired) electrons. The maximum absolute atomic E-state index is 5.76. The average molecular weight is 206 g/mol. The Kier molecular flexibility index (Phi) is 2.75. The predicted octanol–water partition coefficient (Wildman–Crippen LogP) is 2.05. The third-order valence-corrected chi connectivity index (χ3v) is 3.23. The van der Waals surface area contributed by atoms with Gasteiger partial charge < -0.3 is 11.1 Å². The summed E-state index contributed by atoms with van der Waals surface area (Å²) in [5, 5.41) is 3.32. The van der Waals surface area contributed by atoms with E-state index in [1.807, 2.05) is 0 Å². The monoisotopic (exact) mass is 206 g/mol. The van der Waals surface area contributed by atoms with Gasteiger partial charge in [-0.05, 0) is 18.3 Å². The van der Waals surface area contributed by atoms with Crippen molar-refractivity contribution in [2.75, 3.05) is 17.6 Å². The van der Waals surface area contributed by atoms with Crippen LogP contribution in [0, 0.1) is 5.41 Å². The lowest BCUT2D eigenvalue weighted by Crippen LogP contribution is -2.23. The van der Waals surface area contributed by atoms with E-state index in [9.17, 15) is 0 Å². The van der Waals surface area contributed by atoms with E-state index in [1.165, 1.54) is 32.0 Å². The maximum atomic E-state index is 5.76. The van der Waals surface area contributed by atoms with Gasteiger partial charge in [-0.1, -0.05) is 19.8 Å². The van der Waals surface area contributed by atoms with Crippen LogP contribution in [0.15, 0.2) is 12.5 Å². The van der Waals surface area contributed by atoms with Gasteiger partial charge in [0.1, 0.15) is 6.33 Å². The van der Waals surface area contributed by atoms with Crippen molar-refractivity contribution in [2.24, 2.45) is 5.41 Å². The zero-order valence-electron chi connectivity index (χ0n) is 9.16. The Hall–Kier alpha value is -1.32. The molecular formula is C11H18N4. The van der Waals surface area contributed by atoms with Crippen LogP contribution >= 0.6 is 0 Å². The molecule has 4 heteroatoms. The predicted molar refractivity (Wildman–Crippen MR) is 61.5 cm³/mol. The lowest BCUT2D eigenvalue weighted by Gasteiger charge is -2.24. The molecule has 1 fully saturated rings. The van der Waals surface area contributed by atoms with Gasteiger partial charge in [-0.25, -0.2) is 9.97 Å². The second-order valence-electron chi connectivity index (χ2n) is 4.70. The molecule has 0 unspecified atom stereocenters. The molecule has 1 aromatic rings. The fourth-order valence-electron chi connectivity index (χ4n) is 2.19. The largest absolute Gasteiger partial charge is 0.394 e. The molecule has 0 aliphatic heterocycles.